The summed E-state index contributed by atoms with van der Waals surface area (Å²) in [6, 6.07) is 4.63. The molecule has 1 aliphatic carbocycles. The predicted molar refractivity (Wildman–Crippen MR) is 88.7 cm³/mol. The third-order valence-corrected chi connectivity index (χ3v) is 5.13. The van der Waals surface area contributed by atoms with Gasteiger partial charge in [0.15, 0.2) is 0 Å². The number of primary amides is 1. The molecule has 128 valence electrons. The summed E-state index contributed by atoms with van der Waals surface area (Å²) in [7, 11) is 5.79. The fourth-order valence-electron chi connectivity index (χ4n) is 4.13. The summed E-state index contributed by atoms with van der Waals surface area (Å²) >= 11 is 0. The molecule has 0 aromatic heterocycles. The highest BCUT2D eigenvalue weighted by atomic mass is 19.1. The van der Waals surface area contributed by atoms with E-state index in [1.807, 2.05) is 14.1 Å². The lowest BCUT2D eigenvalue weighted by Gasteiger charge is -2.49. The maximum atomic E-state index is 13.9. The average molecular weight is 322 g/mol. The maximum absolute atomic E-state index is 13.9. The minimum absolute atomic E-state index is 0.0692. The minimum atomic E-state index is -0.747. The Morgan fingerprint density at radius 1 is 1.43 bits per heavy atom. The van der Waals surface area contributed by atoms with Crippen LogP contribution in [0.15, 0.2) is 18.2 Å². The van der Waals surface area contributed by atoms with Gasteiger partial charge in [-0.25, -0.2) is 4.39 Å². The molecule has 5 heteroatoms. The van der Waals surface area contributed by atoms with Gasteiger partial charge in [0.1, 0.15) is 5.82 Å². The molecule has 1 aliphatic rings. The Bertz CT molecular complexity index is 576. The van der Waals surface area contributed by atoms with E-state index >= 15 is 0 Å². The molecule has 1 fully saturated rings. The second-order valence-electron chi connectivity index (χ2n) is 6.85. The second kappa shape index (κ2) is 6.97. The maximum Gasteiger partial charge on any atom is 0.251 e. The smallest absolute Gasteiger partial charge is 0.251 e. The van der Waals surface area contributed by atoms with Crippen LogP contribution in [0.4, 0.5) is 4.39 Å². The number of halogens is 1. The van der Waals surface area contributed by atoms with E-state index < -0.39 is 17.3 Å². The number of nitrogens with two attached hydrogens (primary N) is 1. The van der Waals surface area contributed by atoms with Crippen LogP contribution in [0.25, 0.3) is 0 Å². The molecule has 3 unspecified atom stereocenters. The van der Waals surface area contributed by atoms with Crippen LogP contribution in [0.5, 0.6) is 0 Å². The Morgan fingerprint density at radius 2 is 2.13 bits per heavy atom. The quantitative estimate of drug-likeness (QED) is 0.907. The van der Waals surface area contributed by atoms with Gasteiger partial charge in [-0.2, -0.15) is 0 Å². The fraction of sp³-hybridized carbons (Fsp3) is 0.611. The molecule has 1 aromatic carbocycles. The van der Waals surface area contributed by atoms with E-state index in [0.29, 0.717) is 0 Å². The first-order valence-electron chi connectivity index (χ1n) is 8.12. The van der Waals surface area contributed by atoms with Crippen molar-refractivity contribution in [3.63, 3.8) is 0 Å². The molecular formula is C18H27FN2O2. The van der Waals surface area contributed by atoms with Crippen molar-refractivity contribution in [1.82, 2.24) is 4.90 Å². The monoisotopic (exact) mass is 322 g/mol. The van der Waals surface area contributed by atoms with E-state index in [9.17, 15) is 9.18 Å². The van der Waals surface area contributed by atoms with Gasteiger partial charge in [-0.3, -0.25) is 4.79 Å². The van der Waals surface area contributed by atoms with Crippen molar-refractivity contribution in [2.24, 2.45) is 17.6 Å². The fourth-order valence-corrected chi connectivity index (χ4v) is 4.13. The van der Waals surface area contributed by atoms with Gasteiger partial charge in [0.2, 0.25) is 0 Å². The highest BCUT2D eigenvalue weighted by molar-refractivity contribution is 5.93. The number of rotatable bonds is 5. The molecule has 0 heterocycles. The number of nitrogens with zero attached hydrogens (tertiary/aromatic N) is 1. The van der Waals surface area contributed by atoms with Crippen LogP contribution in [0.2, 0.25) is 0 Å². The summed E-state index contributed by atoms with van der Waals surface area (Å²) in [4.78, 5) is 13.7. The van der Waals surface area contributed by atoms with E-state index in [-0.39, 0.29) is 17.4 Å². The first-order chi connectivity index (χ1) is 10.8. The van der Waals surface area contributed by atoms with Gasteiger partial charge in [-0.15, -0.1) is 0 Å². The number of hydrogen-bond acceptors (Lipinski definition) is 3. The Morgan fingerprint density at radius 3 is 2.70 bits per heavy atom. The van der Waals surface area contributed by atoms with Crippen molar-refractivity contribution in [3.8, 4) is 0 Å². The summed E-state index contributed by atoms with van der Waals surface area (Å²) in [6.07, 6.45) is 3.23. The molecule has 1 amide bonds. The van der Waals surface area contributed by atoms with Gasteiger partial charge in [-0.05, 0) is 50.6 Å². The molecular weight excluding hydrogens is 295 g/mol. The molecule has 0 aliphatic heterocycles. The van der Waals surface area contributed by atoms with Gasteiger partial charge in [0.25, 0.3) is 5.91 Å². The van der Waals surface area contributed by atoms with Crippen molar-refractivity contribution in [3.05, 3.63) is 35.1 Å². The molecule has 0 radical (unpaired) electrons. The van der Waals surface area contributed by atoms with Crippen LogP contribution < -0.4 is 5.73 Å². The molecule has 23 heavy (non-hydrogen) atoms. The average Bonchev–Trinajstić information content (AvgIpc) is 2.48. The van der Waals surface area contributed by atoms with Crippen LogP contribution in [0, 0.1) is 17.7 Å². The standard InChI is InChI=1S/C18H27FN2O2/c1-12-6-5-7-14(11-21(2)3)18(12,23-4)13-8-9-16(19)15(10-13)17(20)22/h8-10,12,14H,5-7,11H2,1-4H3,(H2,20,22). The highest BCUT2D eigenvalue weighted by Gasteiger charge is 2.47. The molecule has 0 bridgehead atoms. The third-order valence-electron chi connectivity index (χ3n) is 5.13. The Hall–Kier alpha value is -1.46. The van der Waals surface area contributed by atoms with Gasteiger partial charge >= 0.3 is 0 Å². The first kappa shape index (κ1) is 17.9. The van der Waals surface area contributed by atoms with E-state index in [1.165, 1.54) is 6.07 Å². The number of methoxy groups -OCH3 is 1. The number of ether oxygens (including phenoxy) is 1. The molecule has 3 atom stereocenters. The number of carbonyl (C=O) groups is 1. The predicted octanol–water partition coefficient (Wildman–Crippen LogP) is 2.76. The number of benzene rings is 1. The van der Waals surface area contributed by atoms with Crippen LogP contribution in [-0.4, -0.2) is 38.6 Å². The normalized spacial score (nSPS) is 28.1. The van der Waals surface area contributed by atoms with Crippen LogP contribution in [-0.2, 0) is 10.3 Å². The lowest BCUT2D eigenvalue weighted by atomic mass is 9.65. The zero-order valence-corrected chi connectivity index (χ0v) is 14.4. The zero-order chi connectivity index (χ0) is 17.2. The molecule has 4 nitrogen and oxygen atoms in total. The second-order valence-corrected chi connectivity index (χ2v) is 6.85. The highest BCUT2D eigenvalue weighted by Crippen LogP contribution is 2.48. The van der Waals surface area contributed by atoms with Crippen molar-refractivity contribution in [2.75, 3.05) is 27.7 Å². The van der Waals surface area contributed by atoms with Gasteiger partial charge in [0.05, 0.1) is 11.2 Å². The molecule has 1 aromatic rings. The SMILES string of the molecule is COC1(c2ccc(F)c(C(N)=O)c2)C(C)CCCC1CN(C)C. The van der Waals surface area contributed by atoms with Gasteiger partial charge in [0, 0.05) is 19.6 Å². The topological polar surface area (TPSA) is 55.6 Å². The van der Waals surface area contributed by atoms with Crippen molar-refractivity contribution in [1.29, 1.82) is 0 Å². The van der Waals surface area contributed by atoms with E-state index in [1.54, 1.807) is 19.2 Å². The number of hydrogen-bond donors (Lipinski definition) is 1. The van der Waals surface area contributed by atoms with Gasteiger partial charge in [-0.1, -0.05) is 19.4 Å². The Kier molecular flexibility index (Phi) is 5.42. The number of amides is 1. The van der Waals surface area contributed by atoms with E-state index in [4.69, 9.17) is 10.5 Å². The largest absolute Gasteiger partial charge is 0.373 e. The van der Waals surface area contributed by atoms with Crippen LogP contribution in [0.1, 0.15) is 42.1 Å². The third kappa shape index (κ3) is 3.26. The first-order valence-corrected chi connectivity index (χ1v) is 8.12. The molecule has 0 saturated heterocycles. The minimum Gasteiger partial charge on any atom is -0.373 e. The van der Waals surface area contributed by atoms with E-state index in [0.717, 1.165) is 31.4 Å². The summed E-state index contributed by atoms with van der Waals surface area (Å²) in [5.41, 5.74) is 5.57. The zero-order valence-electron chi connectivity index (χ0n) is 14.4. The molecule has 2 rings (SSSR count). The van der Waals surface area contributed by atoms with Gasteiger partial charge < -0.3 is 15.4 Å². The van der Waals surface area contributed by atoms with Crippen molar-refractivity contribution >= 4 is 5.91 Å². The number of carbonyl (C=O) groups excluding carboxylic acids is 1. The van der Waals surface area contributed by atoms with Crippen molar-refractivity contribution in [2.45, 2.75) is 31.8 Å². The van der Waals surface area contributed by atoms with Crippen LogP contribution in [0.3, 0.4) is 0 Å². The lowest BCUT2D eigenvalue weighted by molar-refractivity contribution is -0.130. The lowest BCUT2D eigenvalue weighted by Crippen LogP contribution is -2.49. The Labute approximate surface area is 137 Å². The Balaban J connectivity index is 2.55. The van der Waals surface area contributed by atoms with Crippen LogP contribution >= 0.6 is 0 Å². The van der Waals surface area contributed by atoms with E-state index in [2.05, 4.69) is 11.8 Å². The summed E-state index contributed by atoms with van der Waals surface area (Å²) in [6.45, 7) is 3.04. The molecule has 0 spiro atoms. The van der Waals surface area contributed by atoms with Crippen molar-refractivity contribution < 1.29 is 13.9 Å². The summed E-state index contributed by atoms with van der Waals surface area (Å²) in [5.74, 6) is -0.779. The summed E-state index contributed by atoms with van der Waals surface area (Å²) < 4.78 is 19.9. The molecule has 1 saturated carbocycles. The molecule has 2 N–H and O–H groups in total. The summed E-state index contributed by atoms with van der Waals surface area (Å²) in [5, 5.41) is 0.